The summed E-state index contributed by atoms with van der Waals surface area (Å²) in [4.78, 5) is 2.42. The molecule has 0 amide bonds. The molecule has 1 heteroatoms. The normalized spacial score (nSPS) is 16.8. The van der Waals surface area contributed by atoms with Gasteiger partial charge in [-0.3, -0.25) is 0 Å². The molecule has 0 radical (unpaired) electrons. The number of nitrogens with zero attached hydrogens (tertiary/aromatic N) is 1. The highest BCUT2D eigenvalue weighted by Gasteiger charge is 2.03. The molecule has 0 bridgehead atoms. The average molecular weight is 153 g/mol. The molecule has 0 unspecified atom stereocenters. The van der Waals surface area contributed by atoms with Crippen LogP contribution in [0.15, 0.2) is 12.3 Å². The van der Waals surface area contributed by atoms with Crippen LogP contribution in [0.5, 0.6) is 0 Å². The van der Waals surface area contributed by atoms with Crippen molar-refractivity contribution in [2.75, 3.05) is 13.1 Å². The Morgan fingerprint density at radius 1 is 1.45 bits per heavy atom. The fraction of sp³-hybridized carbons (Fsp3) is 0.800. The van der Waals surface area contributed by atoms with Gasteiger partial charge in [-0.05, 0) is 31.4 Å². The number of rotatable bonds is 4. The molecular weight excluding hydrogens is 134 g/mol. The van der Waals surface area contributed by atoms with Gasteiger partial charge in [0.1, 0.15) is 0 Å². The van der Waals surface area contributed by atoms with Gasteiger partial charge in [0.05, 0.1) is 0 Å². The van der Waals surface area contributed by atoms with E-state index in [1.165, 1.54) is 32.4 Å². The molecule has 0 aromatic rings. The van der Waals surface area contributed by atoms with E-state index in [1.54, 1.807) is 0 Å². The largest absolute Gasteiger partial charge is 0.377 e. The van der Waals surface area contributed by atoms with Crippen molar-refractivity contribution in [3.8, 4) is 0 Å². The maximum atomic E-state index is 2.42. The molecule has 0 aromatic carbocycles. The van der Waals surface area contributed by atoms with Crippen LogP contribution < -0.4 is 0 Å². The van der Waals surface area contributed by atoms with Crippen molar-refractivity contribution >= 4 is 0 Å². The molecule has 0 fully saturated rings. The highest BCUT2D eigenvalue weighted by Crippen LogP contribution is 2.08. The van der Waals surface area contributed by atoms with E-state index in [9.17, 15) is 0 Å². The van der Waals surface area contributed by atoms with Gasteiger partial charge in [0, 0.05) is 13.1 Å². The number of hydrogen-bond donors (Lipinski definition) is 0. The fourth-order valence-electron chi connectivity index (χ4n) is 1.43. The maximum absolute atomic E-state index is 2.42. The van der Waals surface area contributed by atoms with Crippen LogP contribution in [0.25, 0.3) is 0 Å². The second-order valence-corrected chi connectivity index (χ2v) is 3.75. The summed E-state index contributed by atoms with van der Waals surface area (Å²) in [5.41, 5.74) is 0. The molecule has 0 atom stereocenters. The van der Waals surface area contributed by atoms with Crippen LogP contribution in [0.1, 0.15) is 33.1 Å². The molecule has 64 valence electrons. The lowest BCUT2D eigenvalue weighted by molar-refractivity contribution is 0.377. The van der Waals surface area contributed by atoms with Gasteiger partial charge in [-0.1, -0.05) is 19.9 Å². The van der Waals surface area contributed by atoms with E-state index in [2.05, 4.69) is 31.0 Å². The molecule has 11 heavy (non-hydrogen) atoms. The van der Waals surface area contributed by atoms with Gasteiger partial charge in [0.15, 0.2) is 0 Å². The third-order valence-electron chi connectivity index (χ3n) is 2.13. The van der Waals surface area contributed by atoms with Crippen LogP contribution in [0.2, 0.25) is 0 Å². The number of hydrogen-bond acceptors (Lipinski definition) is 1. The molecule has 0 N–H and O–H groups in total. The summed E-state index contributed by atoms with van der Waals surface area (Å²) in [6.07, 6.45) is 8.46. The quantitative estimate of drug-likeness (QED) is 0.600. The molecule has 0 saturated heterocycles. The van der Waals surface area contributed by atoms with Gasteiger partial charge in [-0.2, -0.15) is 0 Å². The zero-order chi connectivity index (χ0) is 8.10. The van der Waals surface area contributed by atoms with Gasteiger partial charge < -0.3 is 4.90 Å². The maximum Gasteiger partial charge on any atom is 0.0207 e. The van der Waals surface area contributed by atoms with Gasteiger partial charge >= 0.3 is 0 Å². The molecule has 1 heterocycles. The summed E-state index contributed by atoms with van der Waals surface area (Å²) in [7, 11) is 0. The summed E-state index contributed by atoms with van der Waals surface area (Å²) < 4.78 is 0. The first-order chi connectivity index (χ1) is 5.29. The molecule has 1 rings (SSSR count). The SMILES string of the molecule is CC(C)CCCN1C=CCC1. The Bertz CT molecular complexity index is 127. The molecule has 0 spiro atoms. The third-order valence-corrected chi connectivity index (χ3v) is 2.13. The van der Waals surface area contributed by atoms with Crippen LogP contribution in [0.3, 0.4) is 0 Å². The van der Waals surface area contributed by atoms with Gasteiger partial charge in [-0.15, -0.1) is 0 Å². The van der Waals surface area contributed by atoms with Crippen molar-refractivity contribution in [1.82, 2.24) is 4.90 Å². The van der Waals surface area contributed by atoms with Crippen LogP contribution in [0, 0.1) is 5.92 Å². The molecule has 0 aromatic heterocycles. The highest BCUT2D eigenvalue weighted by molar-refractivity contribution is 4.90. The first-order valence-corrected chi connectivity index (χ1v) is 4.70. The standard InChI is InChI=1S/C10H19N/c1-10(2)6-5-9-11-7-3-4-8-11/h3,7,10H,4-6,8-9H2,1-2H3. The lowest BCUT2D eigenvalue weighted by atomic mass is 10.1. The molecule has 0 aliphatic carbocycles. The summed E-state index contributed by atoms with van der Waals surface area (Å²) in [5, 5.41) is 0. The fourth-order valence-corrected chi connectivity index (χ4v) is 1.43. The van der Waals surface area contributed by atoms with E-state index in [-0.39, 0.29) is 0 Å². The Morgan fingerprint density at radius 3 is 2.82 bits per heavy atom. The van der Waals surface area contributed by atoms with Crippen molar-refractivity contribution in [3.63, 3.8) is 0 Å². The third kappa shape index (κ3) is 3.45. The van der Waals surface area contributed by atoms with Crippen LogP contribution >= 0.6 is 0 Å². The summed E-state index contributed by atoms with van der Waals surface area (Å²) in [6, 6.07) is 0. The minimum Gasteiger partial charge on any atom is -0.377 e. The predicted octanol–water partition coefficient (Wildman–Crippen LogP) is 2.64. The molecule has 1 nitrogen and oxygen atoms in total. The monoisotopic (exact) mass is 153 g/mol. The molecule has 1 aliphatic heterocycles. The first-order valence-electron chi connectivity index (χ1n) is 4.70. The Labute approximate surface area is 70.1 Å². The van der Waals surface area contributed by atoms with Gasteiger partial charge in [0.2, 0.25) is 0 Å². The summed E-state index contributed by atoms with van der Waals surface area (Å²) >= 11 is 0. The molecular formula is C10H19N. The predicted molar refractivity (Wildman–Crippen MR) is 49.4 cm³/mol. The van der Waals surface area contributed by atoms with E-state index >= 15 is 0 Å². The Morgan fingerprint density at radius 2 is 2.27 bits per heavy atom. The summed E-state index contributed by atoms with van der Waals surface area (Å²) in [5.74, 6) is 0.863. The lowest BCUT2D eigenvalue weighted by Crippen LogP contribution is -2.15. The Hall–Kier alpha value is -0.460. The minimum atomic E-state index is 0.863. The van der Waals surface area contributed by atoms with Crippen LogP contribution in [0.4, 0.5) is 0 Å². The first kappa shape index (κ1) is 8.63. The smallest absolute Gasteiger partial charge is 0.0207 e. The van der Waals surface area contributed by atoms with Gasteiger partial charge in [0.25, 0.3) is 0 Å². The average Bonchev–Trinajstić information content (AvgIpc) is 2.39. The second-order valence-electron chi connectivity index (χ2n) is 3.75. The zero-order valence-corrected chi connectivity index (χ0v) is 7.71. The van der Waals surface area contributed by atoms with Crippen molar-refractivity contribution in [1.29, 1.82) is 0 Å². The van der Waals surface area contributed by atoms with Crippen LogP contribution in [-0.2, 0) is 0 Å². The van der Waals surface area contributed by atoms with E-state index in [1.807, 2.05) is 0 Å². The van der Waals surface area contributed by atoms with Crippen molar-refractivity contribution in [2.24, 2.45) is 5.92 Å². The van der Waals surface area contributed by atoms with E-state index in [4.69, 9.17) is 0 Å². The topological polar surface area (TPSA) is 3.24 Å². The Kier molecular flexibility index (Phi) is 3.47. The van der Waals surface area contributed by atoms with Gasteiger partial charge in [-0.25, -0.2) is 0 Å². The van der Waals surface area contributed by atoms with Crippen molar-refractivity contribution < 1.29 is 0 Å². The van der Waals surface area contributed by atoms with Crippen molar-refractivity contribution in [3.05, 3.63) is 12.3 Å². The summed E-state index contributed by atoms with van der Waals surface area (Å²) in [6.45, 7) is 7.09. The highest BCUT2D eigenvalue weighted by atomic mass is 15.1. The lowest BCUT2D eigenvalue weighted by Gasteiger charge is -2.15. The minimum absolute atomic E-state index is 0.863. The second kappa shape index (κ2) is 4.42. The molecule has 0 saturated carbocycles. The zero-order valence-electron chi connectivity index (χ0n) is 7.71. The Balaban J connectivity index is 1.98. The molecule has 1 aliphatic rings. The van der Waals surface area contributed by atoms with E-state index in [0.717, 1.165) is 5.92 Å². The van der Waals surface area contributed by atoms with Crippen LogP contribution in [-0.4, -0.2) is 18.0 Å². The van der Waals surface area contributed by atoms with Crippen molar-refractivity contribution in [2.45, 2.75) is 33.1 Å². The van der Waals surface area contributed by atoms with E-state index < -0.39 is 0 Å². The van der Waals surface area contributed by atoms with E-state index in [0.29, 0.717) is 0 Å².